The Morgan fingerprint density at radius 3 is 2.57 bits per heavy atom. The number of aryl methyl sites for hydroxylation is 1. The average molecular weight is 334 g/mol. The number of nitrogens with one attached hydrogen (secondary N) is 2. The Morgan fingerprint density at radius 2 is 1.87 bits per heavy atom. The molecule has 3 aromatic rings. The van der Waals surface area contributed by atoms with E-state index in [0.29, 0.717) is 10.7 Å². The van der Waals surface area contributed by atoms with Crippen LogP contribution in [-0.4, -0.2) is 19.1 Å². The minimum atomic E-state index is -0.470. The molecule has 0 spiro atoms. The summed E-state index contributed by atoms with van der Waals surface area (Å²) in [6, 6.07) is 6.89. The molecule has 0 aliphatic rings. The van der Waals surface area contributed by atoms with Gasteiger partial charge in [-0.1, -0.05) is 21.9 Å². The Labute approximate surface area is 134 Å². The molecule has 0 fully saturated rings. The number of aromatic amines is 1. The summed E-state index contributed by atoms with van der Waals surface area (Å²) in [6.07, 6.45) is 0. The van der Waals surface area contributed by atoms with Crippen LogP contribution in [0.15, 0.2) is 44.2 Å². The fraction of sp³-hybridized carbons (Fsp3) is 0.154. The molecule has 0 bridgehead atoms. The monoisotopic (exact) mass is 333 g/mol. The van der Waals surface area contributed by atoms with Crippen molar-refractivity contribution in [2.75, 3.05) is 5.43 Å². The number of rotatable bonds is 3. The lowest BCUT2D eigenvalue weighted by atomic mass is 10.3. The van der Waals surface area contributed by atoms with E-state index in [4.69, 9.17) is 11.6 Å². The molecule has 0 radical (unpaired) electrons. The molecule has 0 unspecified atom stereocenters. The van der Waals surface area contributed by atoms with Gasteiger partial charge < -0.3 is 4.98 Å². The third-order valence-electron chi connectivity index (χ3n) is 3.25. The van der Waals surface area contributed by atoms with Gasteiger partial charge in [0.15, 0.2) is 11.2 Å². The largest absolute Gasteiger partial charge is 0.332 e. The summed E-state index contributed by atoms with van der Waals surface area (Å²) in [6.45, 7) is 0. The van der Waals surface area contributed by atoms with Gasteiger partial charge in [0.05, 0.1) is 5.69 Å². The molecule has 0 saturated carbocycles. The zero-order valence-corrected chi connectivity index (χ0v) is 13.0. The first-order valence-electron chi connectivity index (χ1n) is 6.55. The quantitative estimate of drug-likeness (QED) is 0.561. The second kappa shape index (κ2) is 5.69. The lowest BCUT2D eigenvalue weighted by Gasteiger charge is -2.00. The number of benzene rings is 1. The SMILES string of the molecule is Cn1c(=O)c2[nH]c(/N=N/Nc3ccc(Cl)cc3)nc2n(C)c1=O. The first-order chi connectivity index (χ1) is 11.0. The van der Waals surface area contributed by atoms with Gasteiger partial charge >= 0.3 is 5.69 Å². The van der Waals surface area contributed by atoms with Crippen LogP contribution in [0, 0.1) is 0 Å². The van der Waals surface area contributed by atoms with E-state index in [0.717, 1.165) is 4.57 Å². The Hall–Kier alpha value is -2.94. The predicted molar refractivity (Wildman–Crippen MR) is 86.2 cm³/mol. The van der Waals surface area contributed by atoms with Crippen LogP contribution in [0.1, 0.15) is 0 Å². The highest BCUT2D eigenvalue weighted by Crippen LogP contribution is 2.15. The van der Waals surface area contributed by atoms with Crippen LogP contribution >= 0.6 is 11.6 Å². The molecular weight excluding hydrogens is 322 g/mol. The van der Waals surface area contributed by atoms with Crippen molar-refractivity contribution in [2.24, 2.45) is 24.4 Å². The lowest BCUT2D eigenvalue weighted by Crippen LogP contribution is -2.36. The summed E-state index contributed by atoms with van der Waals surface area (Å²) >= 11 is 5.79. The van der Waals surface area contributed by atoms with Crippen LogP contribution in [0.4, 0.5) is 11.6 Å². The Morgan fingerprint density at radius 1 is 1.17 bits per heavy atom. The molecule has 2 N–H and O–H groups in total. The van der Waals surface area contributed by atoms with Crippen molar-refractivity contribution in [2.45, 2.75) is 0 Å². The molecule has 3 rings (SSSR count). The molecular formula is C13H12ClN7O2. The van der Waals surface area contributed by atoms with E-state index >= 15 is 0 Å². The smallest absolute Gasteiger partial charge is 0.315 e. The molecule has 23 heavy (non-hydrogen) atoms. The number of fused-ring (bicyclic) bond motifs is 1. The normalized spacial score (nSPS) is 11.4. The number of H-pyrrole nitrogens is 1. The van der Waals surface area contributed by atoms with Crippen molar-refractivity contribution < 1.29 is 0 Å². The van der Waals surface area contributed by atoms with Gasteiger partial charge in [-0.2, -0.15) is 4.98 Å². The summed E-state index contributed by atoms with van der Waals surface area (Å²) < 4.78 is 2.26. The van der Waals surface area contributed by atoms with E-state index in [9.17, 15) is 9.59 Å². The molecule has 0 atom stereocenters. The van der Waals surface area contributed by atoms with Gasteiger partial charge in [-0.05, 0) is 24.3 Å². The summed E-state index contributed by atoms with van der Waals surface area (Å²) in [7, 11) is 2.92. The maximum absolute atomic E-state index is 12.0. The molecule has 2 heterocycles. The van der Waals surface area contributed by atoms with Crippen LogP contribution in [0.2, 0.25) is 5.02 Å². The third kappa shape index (κ3) is 2.73. The maximum Gasteiger partial charge on any atom is 0.332 e. The van der Waals surface area contributed by atoms with Gasteiger partial charge in [-0.25, -0.2) is 4.79 Å². The molecule has 0 aliphatic heterocycles. The van der Waals surface area contributed by atoms with Gasteiger partial charge in [0.25, 0.3) is 11.5 Å². The van der Waals surface area contributed by atoms with Gasteiger partial charge in [0, 0.05) is 19.1 Å². The Bertz CT molecular complexity index is 1010. The van der Waals surface area contributed by atoms with E-state index in [1.54, 1.807) is 24.3 Å². The maximum atomic E-state index is 12.0. The summed E-state index contributed by atoms with van der Waals surface area (Å²) in [4.78, 5) is 30.7. The molecule has 1 aromatic carbocycles. The Balaban J connectivity index is 1.92. The van der Waals surface area contributed by atoms with Crippen LogP contribution in [0.25, 0.3) is 11.2 Å². The number of hydrogen-bond acceptors (Lipinski definition) is 5. The van der Waals surface area contributed by atoms with Gasteiger partial charge in [-0.15, -0.1) is 0 Å². The first-order valence-corrected chi connectivity index (χ1v) is 6.93. The van der Waals surface area contributed by atoms with Crippen LogP contribution in [-0.2, 0) is 14.1 Å². The molecule has 9 nitrogen and oxygen atoms in total. The predicted octanol–water partition coefficient (Wildman–Crippen LogP) is 1.72. The molecule has 118 valence electrons. The number of imidazole rings is 1. The van der Waals surface area contributed by atoms with Crippen LogP contribution in [0.3, 0.4) is 0 Å². The number of anilines is 1. The summed E-state index contributed by atoms with van der Waals surface area (Å²) in [5.74, 6) is 0.111. The molecule has 10 heteroatoms. The summed E-state index contributed by atoms with van der Waals surface area (Å²) in [5.41, 5.74) is 2.88. The van der Waals surface area contributed by atoms with E-state index in [1.807, 2.05) is 0 Å². The first kappa shape index (κ1) is 15.0. The second-order valence-electron chi connectivity index (χ2n) is 4.78. The van der Waals surface area contributed by atoms with Crippen molar-refractivity contribution in [3.8, 4) is 0 Å². The minimum Gasteiger partial charge on any atom is -0.315 e. The topological polar surface area (TPSA) is 109 Å². The number of aromatic nitrogens is 4. The highest BCUT2D eigenvalue weighted by molar-refractivity contribution is 6.30. The molecule has 0 saturated heterocycles. The zero-order chi connectivity index (χ0) is 16.6. The van der Waals surface area contributed by atoms with Gasteiger partial charge in [0.1, 0.15) is 0 Å². The fourth-order valence-electron chi connectivity index (χ4n) is 2.02. The van der Waals surface area contributed by atoms with Crippen molar-refractivity contribution >= 4 is 34.4 Å². The van der Waals surface area contributed by atoms with E-state index in [1.165, 1.54) is 18.7 Å². The fourth-order valence-corrected chi connectivity index (χ4v) is 2.14. The van der Waals surface area contributed by atoms with Crippen LogP contribution in [0.5, 0.6) is 0 Å². The number of halogens is 1. The second-order valence-corrected chi connectivity index (χ2v) is 5.22. The third-order valence-corrected chi connectivity index (χ3v) is 3.50. The van der Waals surface area contributed by atoms with Crippen molar-refractivity contribution in [3.63, 3.8) is 0 Å². The Kier molecular flexibility index (Phi) is 3.70. The van der Waals surface area contributed by atoms with Crippen molar-refractivity contribution in [1.29, 1.82) is 0 Å². The van der Waals surface area contributed by atoms with Crippen molar-refractivity contribution in [3.05, 3.63) is 50.1 Å². The standard InChI is InChI=1S/C13H12ClN7O2/c1-20-10-9(11(22)21(2)13(20)23)15-12(16-10)18-19-17-8-5-3-7(14)4-6-8/h3-6H,1-2H3,(H2,15,16,17,18). The average Bonchev–Trinajstić information content (AvgIpc) is 2.97. The number of nitrogens with zero attached hydrogens (tertiary/aromatic N) is 5. The minimum absolute atomic E-state index is 0.111. The van der Waals surface area contributed by atoms with E-state index in [-0.39, 0.29) is 17.1 Å². The van der Waals surface area contributed by atoms with Crippen molar-refractivity contribution in [1.82, 2.24) is 19.1 Å². The van der Waals surface area contributed by atoms with E-state index in [2.05, 4.69) is 25.7 Å². The van der Waals surface area contributed by atoms with E-state index < -0.39 is 11.2 Å². The van der Waals surface area contributed by atoms with Crippen LogP contribution < -0.4 is 16.7 Å². The zero-order valence-electron chi connectivity index (χ0n) is 12.2. The number of hydrogen-bond donors (Lipinski definition) is 2. The molecule has 2 aromatic heterocycles. The highest BCUT2D eigenvalue weighted by Gasteiger charge is 2.12. The molecule has 0 aliphatic carbocycles. The lowest BCUT2D eigenvalue weighted by molar-refractivity contribution is 0.709. The van der Waals surface area contributed by atoms with Gasteiger partial charge in [-0.3, -0.25) is 19.4 Å². The molecule has 0 amide bonds. The van der Waals surface area contributed by atoms with Gasteiger partial charge in [0.2, 0.25) is 0 Å². The highest BCUT2D eigenvalue weighted by atomic mass is 35.5. The summed E-state index contributed by atoms with van der Waals surface area (Å²) in [5, 5.41) is 8.25.